The highest BCUT2D eigenvalue weighted by atomic mass is 16.6. The fraction of sp³-hybridized carbons (Fsp3) is 0.727. The van der Waals surface area contributed by atoms with Gasteiger partial charge in [0.15, 0.2) is 0 Å². The molecule has 0 bridgehead atoms. The Balaban J connectivity index is 2.75. The number of carbonyl (C=O) groups excluding carboxylic acids is 1. The summed E-state index contributed by atoms with van der Waals surface area (Å²) in [5.74, 6) is 0. The second-order valence-electron chi connectivity index (χ2n) is 3.68. The van der Waals surface area contributed by atoms with Crippen molar-refractivity contribution >= 4 is 6.09 Å². The molecule has 0 aliphatic carbocycles. The molecule has 1 aliphatic heterocycles. The Hall–Kier alpha value is -1.03. The molecular formula is C11H19NO3. The van der Waals surface area contributed by atoms with E-state index in [9.17, 15) is 4.79 Å². The molecule has 0 saturated carbocycles. The third kappa shape index (κ3) is 2.72. The van der Waals surface area contributed by atoms with Crippen LogP contribution in [-0.2, 0) is 9.47 Å². The standard InChI is InChI=1S/C11H19NO3/c1-4-6-9-7-5-8-10(14-2)12(9)11(13)15-3/h4,9-10H,1,5-8H2,2-3H3/t9-,10?/m1/s1. The van der Waals surface area contributed by atoms with Crippen LogP contribution in [0, 0.1) is 0 Å². The molecule has 0 radical (unpaired) electrons. The highest BCUT2D eigenvalue weighted by molar-refractivity contribution is 5.68. The molecule has 0 aromatic heterocycles. The number of piperidine rings is 1. The minimum atomic E-state index is -0.312. The molecule has 1 unspecified atom stereocenters. The van der Waals surface area contributed by atoms with Gasteiger partial charge in [-0.2, -0.15) is 0 Å². The van der Waals surface area contributed by atoms with Gasteiger partial charge in [-0.3, -0.25) is 4.90 Å². The number of hydrogen-bond acceptors (Lipinski definition) is 3. The summed E-state index contributed by atoms with van der Waals surface area (Å²) in [6.07, 6.45) is 5.09. The van der Waals surface area contributed by atoms with Crippen LogP contribution in [-0.4, -0.2) is 37.5 Å². The molecule has 0 N–H and O–H groups in total. The van der Waals surface area contributed by atoms with E-state index in [2.05, 4.69) is 6.58 Å². The monoisotopic (exact) mass is 213 g/mol. The normalized spacial score (nSPS) is 26.1. The summed E-state index contributed by atoms with van der Waals surface area (Å²) in [4.78, 5) is 13.3. The van der Waals surface area contributed by atoms with E-state index in [-0.39, 0.29) is 18.4 Å². The van der Waals surface area contributed by atoms with Gasteiger partial charge in [-0.25, -0.2) is 4.79 Å². The summed E-state index contributed by atoms with van der Waals surface area (Å²) in [5, 5.41) is 0. The third-order valence-corrected chi connectivity index (χ3v) is 2.79. The molecule has 1 heterocycles. The molecule has 4 heteroatoms. The smallest absolute Gasteiger partial charge is 0.411 e. The van der Waals surface area contributed by atoms with E-state index in [1.807, 2.05) is 6.08 Å². The van der Waals surface area contributed by atoms with Crippen molar-refractivity contribution in [2.45, 2.75) is 38.0 Å². The molecule has 86 valence electrons. The Kier molecular flexibility index (Phi) is 4.62. The predicted molar refractivity (Wildman–Crippen MR) is 57.5 cm³/mol. The molecule has 0 aromatic carbocycles. The van der Waals surface area contributed by atoms with Gasteiger partial charge in [0, 0.05) is 13.2 Å². The van der Waals surface area contributed by atoms with Crippen molar-refractivity contribution in [1.29, 1.82) is 0 Å². The van der Waals surface area contributed by atoms with Crippen LogP contribution < -0.4 is 0 Å². The summed E-state index contributed by atoms with van der Waals surface area (Å²) in [6, 6.07) is 0.161. The molecule has 1 saturated heterocycles. The number of methoxy groups -OCH3 is 2. The Bertz CT molecular complexity index is 230. The summed E-state index contributed by atoms with van der Waals surface area (Å²) in [5.41, 5.74) is 0. The Morgan fingerprint density at radius 3 is 2.80 bits per heavy atom. The first-order valence-electron chi connectivity index (χ1n) is 5.24. The molecule has 0 spiro atoms. The Labute approximate surface area is 90.8 Å². The van der Waals surface area contributed by atoms with Crippen LogP contribution >= 0.6 is 0 Å². The van der Waals surface area contributed by atoms with Crippen molar-refractivity contribution < 1.29 is 14.3 Å². The molecule has 1 fully saturated rings. The summed E-state index contributed by atoms with van der Waals surface area (Å²) in [7, 11) is 3.02. The maximum atomic E-state index is 11.6. The fourth-order valence-electron chi connectivity index (χ4n) is 2.07. The van der Waals surface area contributed by atoms with E-state index in [1.54, 1.807) is 12.0 Å². The van der Waals surface area contributed by atoms with E-state index in [0.29, 0.717) is 0 Å². The van der Waals surface area contributed by atoms with Gasteiger partial charge in [0.05, 0.1) is 7.11 Å². The van der Waals surface area contributed by atoms with Crippen LogP contribution in [0.1, 0.15) is 25.7 Å². The Morgan fingerprint density at radius 1 is 1.53 bits per heavy atom. The van der Waals surface area contributed by atoms with Crippen molar-refractivity contribution in [2.75, 3.05) is 14.2 Å². The number of carbonyl (C=O) groups is 1. The third-order valence-electron chi connectivity index (χ3n) is 2.79. The van der Waals surface area contributed by atoms with Crippen LogP contribution in [0.25, 0.3) is 0 Å². The average molecular weight is 213 g/mol. The lowest BCUT2D eigenvalue weighted by Crippen LogP contribution is -2.50. The van der Waals surface area contributed by atoms with Gasteiger partial charge in [-0.15, -0.1) is 6.58 Å². The van der Waals surface area contributed by atoms with Gasteiger partial charge in [-0.05, 0) is 25.7 Å². The fourth-order valence-corrected chi connectivity index (χ4v) is 2.07. The maximum absolute atomic E-state index is 11.6. The van der Waals surface area contributed by atoms with Gasteiger partial charge in [-0.1, -0.05) is 6.08 Å². The molecule has 15 heavy (non-hydrogen) atoms. The second kappa shape index (κ2) is 5.75. The number of hydrogen-bond donors (Lipinski definition) is 0. The first-order chi connectivity index (χ1) is 7.24. The van der Waals surface area contributed by atoms with E-state index in [1.165, 1.54) is 7.11 Å². The van der Waals surface area contributed by atoms with Crippen LogP contribution in [0.3, 0.4) is 0 Å². The molecule has 4 nitrogen and oxygen atoms in total. The molecule has 1 aliphatic rings. The summed E-state index contributed by atoms with van der Waals surface area (Å²) < 4.78 is 10.1. The van der Waals surface area contributed by atoms with Gasteiger partial charge < -0.3 is 9.47 Å². The molecule has 1 amide bonds. The highest BCUT2D eigenvalue weighted by Crippen LogP contribution is 2.26. The SMILES string of the molecule is C=CC[C@@H]1CCCC(OC)N1C(=O)OC. The second-order valence-corrected chi connectivity index (χ2v) is 3.68. The zero-order valence-corrected chi connectivity index (χ0v) is 9.44. The minimum Gasteiger partial charge on any atom is -0.453 e. The average Bonchev–Trinajstić information content (AvgIpc) is 2.28. The lowest BCUT2D eigenvalue weighted by molar-refractivity contribution is -0.0685. The minimum absolute atomic E-state index is 0.156. The molecule has 0 aromatic rings. The largest absolute Gasteiger partial charge is 0.453 e. The van der Waals surface area contributed by atoms with E-state index < -0.39 is 0 Å². The first kappa shape index (κ1) is 12.0. The molecule has 2 atom stereocenters. The quantitative estimate of drug-likeness (QED) is 0.674. The zero-order valence-electron chi connectivity index (χ0n) is 9.44. The van der Waals surface area contributed by atoms with Crippen molar-refractivity contribution in [3.63, 3.8) is 0 Å². The van der Waals surface area contributed by atoms with Gasteiger partial charge in [0.2, 0.25) is 0 Å². The van der Waals surface area contributed by atoms with E-state index >= 15 is 0 Å². The van der Waals surface area contributed by atoms with Crippen molar-refractivity contribution in [2.24, 2.45) is 0 Å². The summed E-state index contributed by atoms with van der Waals surface area (Å²) >= 11 is 0. The topological polar surface area (TPSA) is 38.8 Å². The van der Waals surface area contributed by atoms with Crippen molar-refractivity contribution in [1.82, 2.24) is 4.90 Å². The first-order valence-corrected chi connectivity index (χ1v) is 5.24. The van der Waals surface area contributed by atoms with E-state index in [0.717, 1.165) is 25.7 Å². The van der Waals surface area contributed by atoms with Gasteiger partial charge in [0.1, 0.15) is 6.23 Å². The lowest BCUT2D eigenvalue weighted by Gasteiger charge is -2.39. The number of ether oxygens (including phenoxy) is 2. The zero-order chi connectivity index (χ0) is 11.3. The van der Waals surface area contributed by atoms with Crippen LogP contribution in [0.15, 0.2) is 12.7 Å². The van der Waals surface area contributed by atoms with Crippen molar-refractivity contribution in [3.05, 3.63) is 12.7 Å². The van der Waals surface area contributed by atoms with Crippen LogP contribution in [0.4, 0.5) is 4.79 Å². The van der Waals surface area contributed by atoms with Crippen LogP contribution in [0.5, 0.6) is 0 Å². The predicted octanol–water partition coefficient (Wildman–Crippen LogP) is 2.16. The Morgan fingerprint density at radius 2 is 2.27 bits per heavy atom. The number of amides is 1. The van der Waals surface area contributed by atoms with Gasteiger partial charge >= 0.3 is 6.09 Å². The number of nitrogens with zero attached hydrogens (tertiary/aromatic N) is 1. The highest BCUT2D eigenvalue weighted by Gasteiger charge is 2.34. The van der Waals surface area contributed by atoms with E-state index in [4.69, 9.17) is 9.47 Å². The molecular weight excluding hydrogens is 194 g/mol. The summed E-state index contributed by atoms with van der Waals surface area (Å²) in [6.45, 7) is 3.71. The number of likely N-dealkylation sites (tertiary alicyclic amines) is 1. The molecule has 1 rings (SSSR count). The van der Waals surface area contributed by atoms with Gasteiger partial charge in [0.25, 0.3) is 0 Å². The maximum Gasteiger partial charge on any atom is 0.411 e. The number of rotatable bonds is 3. The van der Waals surface area contributed by atoms with Crippen LogP contribution in [0.2, 0.25) is 0 Å². The lowest BCUT2D eigenvalue weighted by atomic mass is 9.98. The van der Waals surface area contributed by atoms with Crippen molar-refractivity contribution in [3.8, 4) is 0 Å².